The van der Waals surface area contributed by atoms with Crippen molar-refractivity contribution >= 4 is 31.9 Å². The van der Waals surface area contributed by atoms with Gasteiger partial charge in [-0.15, -0.1) is 0 Å². The first kappa shape index (κ1) is 14.8. The van der Waals surface area contributed by atoms with Crippen molar-refractivity contribution in [2.24, 2.45) is 0 Å². The Morgan fingerprint density at radius 3 is 2.21 bits per heavy atom. The van der Waals surface area contributed by atoms with Crippen molar-refractivity contribution in [2.45, 2.75) is 25.4 Å². The van der Waals surface area contributed by atoms with Crippen LogP contribution in [0.3, 0.4) is 0 Å². The predicted octanol–water partition coefficient (Wildman–Crippen LogP) is 4.75. The molecule has 0 heterocycles. The third-order valence-electron chi connectivity index (χ3n) is 3.03. The van der Waals surface area contributed by atoms with Gasteiger partial charge < -0.3 is 5.11 Å². The highest BCUT2D eigenvalue weighted by molar-refractivity contribution is 9.10. The second kappa shape index (κ2) is 6.21. The van der Waals surface area contributed by atoms with Crippen LogP contribution in [0.5, 0.6) is 0 Å². The highest BCUT2D eigenvalue weighted by Gasteiger charge is 2.22. The van der Waals surface area contributed by atoms with Crippen molar-refractivity contribution < 1.29 is 5.11 Å². The molecule has 0 saturated carbocycles. The van der Waals surface area contributed by atoms with Gasteiger partial charge in [0.25, 0.3) is 0 Å². The van der Waals surface area contributed by atoms with E-state index < -0.39 is 5.60 Å². The number of benzene rings is 2. The Hall–Kier alpha value is -0.640. The maximum absolute atomic E-state index is 10.6. The average Bonchev–Trinajstić information content (AvgIpc) is 2.35. The highest BCUT2D eigenvalue weighted by Crippen LogP contribution is 2.24. The van der Waals surface area contributed by atoms with Crippen LogP contribution in [-0.4, -0.2) is 10.7 Å². The largest absolute Gasteiger partial charge is 0.389 e. The number of hydrogen-bond donors (Lipinski definition) is 1. The third-order valence-corrected chi connectivity index (χ3v) is 4.33. The minimum atomic E-state index is -0.752. The topological polar surface area (TPSA) is 20.2 Å². The van der Waals surface area contributed by atoms with E-state index in [4.69, 9.17) is 0 Å². The van der Waals surface area contributed by atoms with E-state index in [1.807, 2.05) is 55.5 Å². The van der Waals surface area contributed by atoms with Crippen LogP contribution in [0.2, 0.25) is 0 Å². The Bertz CT molecular complexity index is 547. The first-order valence-electron chi connectivity index (χ1n) is 6.16. The number of halogens is 2. The van der Waals surface area contributed by atoms with Crippen LogP contribution in [0.4, 0.5) is 0 Å². The fourth-order valence-electron chi connectivity index (χ4n) is 2.16. The predicted molar refractivity (Wildman–Crippen MR) is 86.3 cm³/mol. The van der Waals surface area contributed by atoms with Crippen LogP contribution in [0.1, 0.15) is 18.1 Å². The lowest BCUT2D eigenvalue weighted by atomic mass is 9.90. The van der Waals surface area contributed by atoms with E-state index in [-0.39, 0.29) is 0 Å². The van der Waals surface area contributed by atoms with Gasteiger partial charge in [0.2, 0.25) is 0 Å². The Morgan fingerprint density at radius 1 is 0.947 bits per heavy atom. The summed E-state index contributed by atoms with van der Waals surface area (Å²) in [6, 6.07) is 16.1. The SMILES string of the molecule is CC(O)(Cc1ccc(Br)cc1)Cc1ccccc1Br. The molecule has 0 spiro atoms. The van der Waals surface area contributed by atoms with E-state index in [0.29, 0.717) is 12.8 Å². The molecule has 1 nitrogen and oxygen atoms in total. The summed E-state index contributed by atoms with van der Waals surface area (Å²) in [6.45, 7) is 1.88. The molecule has 1 N–H and O–H groups in total. The van der Waals surface area contributed by atoms with Crippen LogP contribution < -0.4 is 0 Å². The molecule has 0 saturated heterocycles. The van der Waals surface area contributed by atoms with Crippen molar-refractivity contribution in [1.82, 2.24) is 0 Å². The first-order valence-corrected chi connectivity index (χ1v) is 7.75. The standard InChI is InChI=1S/C16H16Br2O/c1-16(19,10-12-6-8-14(17)9-7-12)11-13-4-2-3-5-15(13)18/h2-9,19H,10-11H2,1H3. The Morgan fingerprint density at radius 2 is 1.58 bits per heavy atom. The van der Waals surface area contributed by atoms with Crippen LogP contribution >= 0.6 is 31.9 Å². The summed E-state index contributed by atoms with van der Waals surface area (Å²) in [4.78, 5) is 0. The number of rotatable bonds is 4. The van der Waals surface area contributed by atoms with Crippen molar-refractivity contribution in [3.63, 3.8) is 0 Å². The summed E-state index contributed by atoms with van der Waals surface area (Å²) in [7, 11) is 0. The zero-order valence-corrected chi connectivity index (χ0v) is 13.9. The van der Waals surface area contributed by atoms with Crippen molar-refractivity contribution in [2.75, 3.05) is 0 Å². The molecule has 1 atom stereocenters. The molecule has 2 aromatic carbocycles. The fourth-order valence-corrected chi connectivity index (χ4v) is 2.85. The molecule has 100 valence electrons. The maximum Gasteiger partial charge on any atom is 0.0700 e. The lowest BCUT2D eigenvalue weighted by Crippen LogP contribution is -2.30. The summed E-state index contributed by atoms with van der Waals surface area (Å²) in [5, 5.41) is 10.6. The van der Waals surface area contributed by atoms with Gasteiger partial charge in [0, 0.05) is 21.8 Å². The molecule has 3 heteroatoms. The molecule has 2 aromatic rings. The normalized spacial score (nSPS) is 14.1. The molecule has 0 aliphatic heterocycles. The summed E-state index contributed by atoms with van der Waals surface area (Å²) < 4.78 is 2.10. The van der Waals surface area contributed by atoms with Gasteiger partial charge in [-0.1, -0.05) is 62.2 Å². The molecular weight excluding hydrogens is 368 g/mol. The molecule has 1 unspecified atom stereocenters. The zero-order chi connectivity index (χ0) is 13.9. The molecule has 0 aliphatic carbocycles. The van der Waals surface area contributed by atoms with Gasteiger partial charge in [-0.05, 0) is 36.2 Å². The van der Waals surface area contributed by atoms with Gasteiger partial charge in [-0.25, -0.2) is 0 Å². The van der Waals surface area contributed by atoms with Crippen molar-refractivity contribution in [3.05, 3.63) is 68.6 Å². The summed E-state index contributed by atoms with van der Waals surface area (Å²) >= 11 is 6.95. The summed E-state index contributed by atoms with van der Waals surface area (Å²) in [5.41, 5.74) is 1.52. The highest BCUT2D eigenvalue weighted by atomic mass is 79.9. The van der Waals surface area contributed by atoms with Gasteiger partial charge in [-0.3, -0.25) is 0 Å². The molecule has 0 radical (unpaired) electrons. The monoisotopic (exact) mass is 382 g/mol. The first-order chi connectivity index (χ1) is 8.96. The molecule has 0 fully saturated rings. The van der Waals surface area contributed by atoms with Gasteiger partial charge >= 0.3 is 0 Å². The smallest absolute Gasteiger partial charge is 0.0700 e. The lowest BCUT2D eigenvalue weighted by Gasteiger charge is -2.24. The molecule has 0 aromatic heterocycles. The zero-order valence-electron chi connectivity index (χ0n) is 10.7. The van der Waals surface area contributed by atoms with Gasteiger partial charge in [-0.2, -0.15) is 0 Å². The second-order valence-corrected chi connectivity index (χ2v) is 6.84. The third kappa shape index (κ3) is 4.44. The summed E-state index contributed by atoms with van der Waals surface area (Å²) in [5.74, 6) is 0. The van der Waals surface area contributed by atoms with Crippen LogP contribution in [0.15, 0.2) is 57.5 Å². The van der Waals surface area contributed by atoms with E-state index >= 15 is 0 Å². The van der Waals surface area contributed by atoms with E-state index in [9.17, 15) is 5.11 Å². The molecule has 0 amide bonds. The molecule has 19 heavy (non-hydrogen) atoms. The molecule has 2 rings (SSSR count). The second-order valence-electron chi connectivity index (χ2n) is 5.07. The lowest BCUT2D eigenvalue weighted by molar-refractivity contribution is 0.0607. The van der Waals surface area contributed by atoms with E-state index in [0.717, 1.165) is 20.1 Å². The average molecular weight is 384 g/mol. The molecule has 0 bridgehead atoms. The van der Waals surface area contributed by atoms with Gasteiger partial charge in [0.1, 0.15) is 0 Å². The maximum atomic E-state index is 10.6. The molecule has 0 aliphatic rings. The minimum absolute atomic E-state index is 0.629. The summed E-state index contributed by atoms with van der Waals surface area (Å²) in [6.07, 6.45) is 1.27. The number of aliphatic hydroxyl groups is 1. The Kier molecular flexibility index (Phi) is 4.82. The Labute approximate surface area is 130 Å². The van der Waals surface area contributed by atoms with Gasteiger partial charge in [0.15, 0.2) is 0 Å². The van der Waals surface area contributed by atoms with Crippen LogP contribution in [0, 0.1) is 0 Å². The fraction of sp³-hybridized carbons (Fsp3) is 0.250. The van der Waals surface area contributed by atoms with Gasteiger partial charge in [0.05, 0.1) is 5.60 Å². The van der Waals surface area contributed by atoms with Crippen molar-refractivity contribution in [1.29, 1.82) is 0 Å². The minimum Gasteiger partial charge on any atom is -0.389 e. The van der Waals surface area contributed by atoms with E-state index in [1.54, 1.807) is 0 Å². The van der Waals surface area contributed by atoms with E-state index in [1.165, 1.54) is 0 Å². The van der Waals surface area contributed by atoms with Crippen LogP contribution in [0.25, 0.3) is 0 Å². The van der Waals surface area contributed by atoms with E-state index in [2.05, 4.69) is 31.9 Å². The number of hydrogen-bond acceptors (Lipinski definition) is 1. The Balaban J connectivity index is 2.10. The quantitative estimate of drug-likeness (QED) is 0.807. The molecular formula is C16H16Br2O. The van der Waals surface area contributed by atoms with Crippen LogP contribution in [-0.2, 0) is 12.8 Å². The van der Waals surface area contributed by atoms with Crippen molar-refractivity contribution in [3.8, 4) is 0 Å².